The van der Waals surface area contributed by atoms with Crippen LogP contribution in [0.3, 0.4) is 0 Å². The van der Waals surface area contributed by atoms with Gasteiger partial charge < -0.3 is 0 Å². The van der Waals surface area contributed by atoms with Crippen LogP contribution in [0.25, 0.3) is 0 Å². The summed E-state index contributed by atoms with van der Waals surface area (Å²) in [5.41, 5.74) is 0.746. The molecular weight excluding hydrogens is 324 g/mol. The molecule has 1 nitrogen and oxygen atoms in total. The number of halogens is 2. The molecule has 0 saturated carbocycles. The van der Waals surface area contributed by atoms with Gasteiger partial charge in [-0.15, -0.1) is 0 Å². The minimum absolute atomic E-state index is 0.206. The van der Waals surface area contributed by atoms with E-state index in [2.05, 4.69) is 22.9 Å². The molecule has 0 radical (unpaired) electrons. The van der Waals surface area contributed by atoms with Crippen LogP contribution >= 0.6 is 27.5 Å². The molecule has 0 atom stereocenters. The van der Waals surface area contributed by atoms with Crippen molar-refractivity contribution in [3.05, 3.63) is 33.3 Å². The molecule has 1 aromatic carbocycles. The van der Waals surface area contributed by atoms with Gasteiger partial charge in [-0.3, -0.25) is 4.79 Å². The largest absolute Gasteiger partial charge is 0.294 e. The summed E-state index contributed by atoms with van der Waals surface area (Å²) < 4.78 is 0.799. The zero-order chi connectivity index (χ0) is 14.1. The lowest BCUT2D eigenvalue weighted by Crippen LogP contribution is -2.00. The molecule has 1 aromatic rings. The van der Waals surface area contributed by atoms with Gasteiger partial charge in [0, 0.05) is 21.5 Å². The van der Waals surface area contributed by atoms with Crippen molar-refractivity contribution in [1.29, 1.82) is 0 Å². The minimum Gasteiger partial charge on any atom is -0.294 e. The summed E-state index contributed by atoms with van der Waals surface area (Å²) in [7, 11) is 0. The van der Waals surface area contributed by atoms with E-state index in [-0.39, 0.29) is 5.78 Å². The maximum Gasteiger partial charge on any atom is 0.164 e. The van der Waals surface area contributed by atoms with E-state index in [9.17, 15) is 4.79 Å². The molecule has 0 unspecified atom stereocenters. The average Bonchev–Trinajstić information content (AvgIpc) is 2.37. The highest BCUT2D eigenvalue weighted by Gasteiger charge is 2.09. The lowest BCUT2D eigenvalue weighted by Gasteiger charge is -2.04. The number of carbonyl (C=O) groups is 1. The van der Waals surface area contributed by atoms with Crippen LogP contribution in [0.1, 0.15) is 68.6 Å². The molecule has 0 heterocycles. The number of benzene rings is 1. The van der Waals surface area contributed by atoms with Crippen LogP contribution in [0.5, 0.6) is 0 Å². The number of hydrogen-bond donors (Lipinski definition) is 0. The molecule has 0 N–H and O–H groups in total. The minimum atomic E-state index is 0.206. The fourth-order valence-electron chi connectivity index (χ4n) is 2.09. The van der Waals surface area contributed by atoms with Gasteiger partial charge in [0.25, 0.3) is 0 Å². The fraction of sp³-hybridized carbons (Fsp3) is 0.562. The molecule has 3 heteroatoms. The van der Waals surface area contributed by atoms with Crippen molar-refractivity contribution in [1.82, 2.24) is 0 Å². The highest BCUT2D eigenvalue weighted by molar-refractivity contribution is 9.10. The Morgan fingerprint density at radius 2 is 1.74 bits per heavy atom. The van der Waals surface area contributed by atoms with Crippen molar-refractivity contribution < 1.29 is 4.79 Å². The first-order valence-corrected chi connectivity index (χ1v) is 8.30. The van der Waals surface area contributed by atoms with Crippen molar-refractivity contribution in [2.24, 2.45) is 0 Å². The second-order valence-corrected chi connectivity index (χ2v) is 6.21. The molecule has 0 saturated heterocycles. The highest BCUT2D eigenvalue weighted by Crippen LogP contribution is 2.23. The number of unbranched alkanes of at least 4 members (excludes halogenated alkanes) is 6. The number of ketones is 1. The van der Waals surface area contributed by atoms with Gasteiger partial charge in [0.15, 0.2) is 5.78 Å². The summed E-state index contributed by atoms with van der Waals surface area (Å²) in [4.78, 5) is 12.0. The Balaban J connectivity index is 2.24. The Labute approximate surface area is 129 Å². The Morgan fingerprint density at radius 1 is 1.11 bits per heavy atom. The van der Waals surface area contributed by atoms with Crippen molar-refractivity contribution in [3.63, 3.8) is 0 Å². The van der Waals surface area contributed by atoms with Crippen LogP contribution in [0.15, 0.2) is 22.7 Å². The molecule has 0 aliphatic rings. The number of carbonyl (C=O) groups excluding carboxylic acids is 1. The van der Waals surface area contributed by atoms with Gasteiger partial charge in [-0.2, -0.15) is 0 Å². The van der Waals surface area contributed by atoms with Crippen LogP contribution in [-0.2, 0) is 0 Å². The second kappa shape index (κ2) is 9.55. The smallest absolute Gasteiger partial charge is 0.164 e. The van der Waals surface area contributed by atoms with E-state index >= 15 is 0 Å². The third-order valence-electron chi connectivity index (χ3n) is 3.24. The number of rotatable bonds is 9. The predicted octanol–water partition coefficient (Wildman–Crippen LogP) is 6.43. The zero-order valence-corrected chi connectivity index (χ0v) is 13.9. The number of Topliss-reactive ketones (excluding diaryl/α,β-unsaturated/α-hetero) is 1. The molecule has 0 fully saturated rings. The third kappa shape index (κ3) is 6.58. The Morgan fingerprint density at radius 3 is 2.37 bits per heavy atom. The maximum absolute atomic E-state index is 12.0. The summed E-state index contributed by atoms with van der Waals surface area (Å²) >= 11 is 9.26. The van der Waals surface area contributed by atoms with E-state index in [1.807, 2.05) is 0 Å². The SMILES string of the molecule is CCCCCCCCCC(=O)c1ccc(Cl)cc1Br. The molecule has 0 aliphatic carbocycles. The quantitative estimate of drug-likeness (QED) is 0.372. The monoisotopic (exact) mass is 344 g/mol. The lowest BCUT2D eigenvalue weighted by molar-refractivity contribution is 0.0978. The van der Waals surface area contributed by atoms with Gasteiger partial charge >= 0.3 is 0 Å². The van der Waals surface area contributed by atoms with E-state index in [4.69, 9.17) is 11.6 Å². The van der Waals surface area contributed by atoms with Crippen LogP contribution in [0.4, 0.5) is 0 Å². The van der Waals surface area contributed by atoms with Gasteiger partial charge in [-0.25, -0.2) is 0 Å². The molecule has 19 heavy (non-hydrogen) atoms. The van der Waals surface area contributed by atoms with Crippen molar-refractivity contribution in [2.75, 3.05) is 0 Å². The normalized spacial score (nSPS) is 10.7. The van der Waals surface area contributed by atoms with Crippen LogP contribution in [-0.4, -0.2) is 5.78 Å². The van der Waals surface area contributed by atoms with E-state index in [0.717, 1.165) is 22.9 Å². The first-order valence-electron chi connectivity index (χ1n) is 7.13. The van der Waals surface area contributed by atoms with E-state index < -0.39 is 0 Å². The Kier molecular flexibility index (Phi) is 8.40. The zero-order valence-electron chi connectivity index (χ0n) is 11.6. The molecule has 106 valence electrons. The molecule has 0 aliphatic heterocycles. The fourth-order valence-corrected chi connectivity index (χ4v) is 3.00. The molecule has 0 amide bonds. The summed E-state index contributed by atoms with van der Waals surface area (Å²) in [5.74, 6) is 0.206. The first kappa shape index (κ1) is 16.7. The van der Waals surface area contributed by atoms with E-state index in [0.29, 0.717) is 11.4 Å². The maximum atomic E-state index is 12.0. The standard InChI is InChI=1S/C16H22BrClO/c1-2-3-4-5-6-7-8-9-16(19)14-11-10-13(18)12-15(14)17/h10-12H,2-9H2,1H3. The Hall–Kier alpha value is -0.340. The average molecular weight is 346 g/mol. The molecule has 0 bridgehead atoms. The number of hydrogen-bond acceptors (Lipinski definition) is 1. The highest BCUT2D eigenvalue weighted by atomic mass is 79.9. The van der Waals surface area contributed by atoms with Crippen molar-refractivity contribution in [3.8, 4) is 0 Å². The van der Waals surface area contributed by atoms with Crippen LogP contribution in [0, 0.1) is 0 Å². The first-order chi connectivity index (χ1) is 9.15. The predicted molar refractivity (Wildman–Crippen MR) is 86.1 cm³/mol. The van der Waals surface area contributed by atoms with E-state index in [1.165, 1.54) is 32.1 Å². The van der Waals surface area contributed by atoms with Crippen molar-refractivity contribution >= 4 is 33.3 Å². The van der Waals surface area contributed by atoms with Gasteiger partial charge in [0.05, 0.1) is 0 Å². The molecular formula is C16H22BrClO. The molecule has 0 spiro atoms. The lowest BCUT2D eigenvalue weighted by atomic mass is 10.0. The van der Waals surface area contributed by atoms with Gasteiger partial charge in [-0.05, 0) is 40.5 Å². The summed E-state index contributed by atoms with van der Waals surface area (Å²) in [6.45, 7) is 2.22. The molecule has 1 rings (SSSR count). The van der Waals surface area contributed by atoms with E-state index in [1.54, 1.807) is 18.2 Å². The molecule has 0 aromatic heterocycles. The third-order valence-corrected chi connectivity index (χ3v) is 4.13. The van der Waals surface area contributed by atoms with Gasteiger partial charge in [0.2, 0.25) is 0 Å². The summed E-state index contributed by atoms with van der Waals surface area (Å²) in [5, 5.41) is 0.652. The van der Waals surface area contributed by atoms with Crippen LogP contribution < -0.4 is 0 Å². The topological polar surface area (TPSA) is 17.1 Å². The summed E-state index contributed by atoms with van der Waals surface area (Å²) in [6.07, 6.45) is 9.25. The van der Waals surface area contributed by atoms with Crippen LogP contribution in [0.2, 0.25) is 5.02 Å². The van der Waals surface area contributed by atoms with Gasteiger partial charge in [-0.1, -0.05) is 57.0 Å². The van der Waals surface area contributed by atoms with Crippen molar-refractivity contribution in [2.45, 2.75) is 58.3 Å². The Bertz CT molecular complexity index is 404. The van der Waals surface area contributed by atoms with Gasteiger partial charge in [0.1, 0.15) is 0 Å². The summed E-state index contributed by atoms with van der Waals surface area (Å²) in [6, 6.07) is 5.35. The second-order valence-electron chi connectivity index (χ2n) is 4.92.